The average molecular weight is 390 g/mol. The van der Waals surface area contributed by atoms with E-state index in [0.29, 0.717) is 24.8 Å². The van der Waals surface area contributed by atoms with Crippen molar-refractivity contribution in [2.45, 2.75) is 30.3 Å². The molecule has 3 saturated carbocycles. The Labute approximate surface area is 160 Å². The fourth-order valence-electron chi connectivity index (χ4n) is 3.91. The van der Waals surface area contributed by atoms with Crippen molar-refractivity contribution in [1.29, 1.82) is 0 Å². The van der Waals surface area contributed by atoms with Crippen LogP contribution in [0.5, 0.6) is 5.75 Å². The van der Waals surface area contributed by atoms with E-state index in [1.807, 2.05) is 0 Å². The third-order valence-electron chi connectivity index (χ3n) is 5.00. The number of pyridine rings is 1. The van der Waals surface area contributed by atoms with Gasteiger partial charge in [-0.1, -0.05) is 11.6 Å². The number of hydrogen-bond acceptors (Lipinski definition) is 4. The Morgan fingerprint density at radius 3 is 2.59 bits per heavy atom. The van der Waals surface area contributed by atoms with E-state index < -0.39 is 5.82 Å². The van der Waals surface area contributed by atoms with Gasteiger partial charge in [-0.05, 0) is 43.5 Å². The SMILES string of the molecule is O=C(COc1ccc(Cl)c(F)c1)NC12CC(NC(=O)c3cccnc3)(C1)C2. The topological polar surface area (TPSA) is 80.3 Å². The molecule has 2 bridgehead atoms. The van der Waals surface area contributed by atoms with Crippen molar-refractivity contribution < 1.29 is 18.7 Å². The van der Waals surface area contributed by atoms with Gasteiger partial charge in [-0.2, -0.15) is 0 Å². The lowest BCUT2D eigenvalue weighted by Gasteiger charge is -2.70. The van der Waals surface area contributed by atoms with Gasteiger partial charge in [0.2, 0.25) is 0 Å². The first-order valence-electron chi connectivity index (χ1n) is 8.50. The number of rotatable bonds is 6. The number of nitrogens with zero attached hydrogens (tertiary/aromatic N) is 1. The zero-order valence-electron chi connectivity index (χ0n) is 14.3. The number of nitrogens with one attached hydrogen (secondary N) is 2. The summed E-state index contributed by atoms with van der Waals surface area (Å²) in [4.78, 5) is 28.3. The van der Waals surface area contributed by atoms with Crippen molar-refractivity contribution >= 4 is 23.4 Å². The van der Waals surface area contributed by atoms with E-state index in [0.717, 1.165) is 6.07 Å². The predicted octanol–water partition coefficient (Wildman–Crippen LogP) is 2.47. The smallest absolute Gasteiger partial charge is 0.258 e. The lowest BCUT2D eigenvalue weighted by molar-refractivity contribution is -0.141. The molecule has 3 fully saturated rings. The van der Waals surface area contributed by atoms with Crippen molar-refractivity contribution in [1.82, 2.24) is 15.6 Å². The molecule has 6 nitrogen and oxygen atoms in total. The van der Waals surface area contributed by atoms with Gasteiger partial charge in [-0.3, -0.25) is 14.6 Å². The third kappa shape index (κ3) is 3.47. The van der Waals surface area contributed by atoms with E-state index in [1.54, 1.807) is 18.3 Å². The quantitative estimate of drug-likeness (QED) is 0.795. The van der Waals surface area contributed by atoms with Gasteiger partial charge < -0.3 is 15.4 Å². The van der Waals surface area contributed by atoms with Crippen LogP contribution in [0.25, 0.3) is 0 Å². The summed E-state index contributed by atoms with van der Waals surface area (Å²) in [5.41, 5.74) is -0.0159. The number of amides is 2. The highest BCUT2D eigenvalue weighted by molar-refractivity contribution is 6.30. The Kier molecular flexibility index (Phi) is 4.26. The molecule has 2 aromatic rings. The van der Waals surface area contributed by atoms with Gasteiger partial charge in [0.1, 0.15) is 11.6 Å². The first-order chi connectivity index (χ1) is 12.9. The van der Waals surface area contributed by atoms with E-state index in [4.69, 9.17) is 16.3 Å². The van der Waals surface area contributed by atoms with Crippen molar-refractivity contribution in [2.75, 3.05) is 6.61 Å². The van der Waals surface area contributed by atoms with Gasteiger partial charge in [0.25, 0.3) is 11.8 Å². The Morgan fingerprint density at radius 2 is 1.93 bits per heavy atom. The van der Waals surface area contributed by atoms with Crippen LogP contribution in [0.2, 0.25) is 5.02 Å². The third-order valence-corrected chi connectivity index (χ3v) is 5.30. The molecule has 1 aromatic heterocycles. The molecule has 0 radical (unpaired) electrons. The van der Waals surface area contributed by atoms with Crippen LogP contribution in [-0.4, -0.2) is 34.5 Å². The maximum Gasteiger partial charge on any atom is 0.258 e. The minimum atomic E-state index is -0.597. The Bertz CT molecular complexity index is 887. The zero-order valence-corrected chi connectivity index (χ0v) is 15.1. The summed E-state index contributed by atoms with van der Waals surface area (Å²) in [6.07, 6.45) is 5.20. The molecule has 0 unspecified atom stereocenters. The fraction of sp³-hybridized carbons (Fsp3) is 0.316. The number of benzene rings is 1. The lowest BCUT2D eigenvalue weighted by Crippen LogP contribution is -2.84. The molecule has 0 saturated heterocycles. The van der Waals surface area contributed by atoms with Crippen molar-refractivity contribution in [3.63, 3.8) is 0 Å². The van der Waals surface area contributed by atoms with Gasteiger partial charge in [0.15, 0.2) is 6.61 Å². The predicted molar refractivity (Wildman–Crippen MR) is 96.1 cm³/mol. The molecule has 3 aliphatic rings. The highest BCUT2D eigenvalue weighted by atomic mass is 35.5. The van der Waals surface area contributed by atoms with Gasteiger partial charge in [-0.25, -0.2) is 4.39 Å². The summed E-state index contributed by atoms with van der Waals surface area (Å²) in [6.45, 7) is -0.210. The largest absolute Gasteiger partial charge is 0.484 e. The molecular formula is C19H17ClFN3O3. The molecular weight excluding hydrogens is 373 g/mol. The number of aromatic nitrogens is 1. The van der Waals surface area contributed by atoms with Crippen LogP contribution in [0.15, 0.2) is 42.7 Å². The van der Waals surface area contributed by atoms with Crippen molar-refractivity contribution in [3.8, 4) is 5.75 Å². The highest BCUT2D eigenvalue weighted by Crippen LogP contribution is 2.60. The molecule has 140 valence electrons. The second-order valence-corrected chi connectivity index (χ2v) is 7.61. The molecule has 5 rings (SSSR count). The second kappa shape index (κ2) is 6.49. The van der Waals surface area contributed by atoms with Crippen molar-refractivity contribution in [2.24, 2.45) is 0 Å². The Hall–Kier alpha value is -2.67. The minimum absolute atomic E-state index is 0.000651. The van der Waals surface area contributed by atoms with Crippen LogP contribution < -0.4 is 15.4 Å². The Balaban J connectivity index is 1.24. The Morgan fingerprint density at radius 1 is 1.19 bits per heavy atom. The number of ether oxygens (including phenoxy) is 1. The summed E-state index contributed by atoms with van der Waals surface area (Å²) in [5, 5.41) is 5.97. The standard InChI is InChI=1S/C19H17ClFN3O3/c20-14-4-3-13(6-15(14)21)27-8-16(25)23-18-9-19(10-18,11-18)24-17(26)12-2-1-5-22-7-12/h1-7H,8-11H2,(H,23,25)(H,24,26). The maximum absolute atomic E-state index is 13.4. The van der Waals surface area contributed by atoms with E-state index in [-0.39, 0.29) is 40.3 Å². The molecule has 1 heterocycles. The molecule has 8 heteroatoms. The average Bonchev–Trinajstić information content (AvgIpc) is 2.60. The minimum Gasteiger partial charge on any atom is -0.484 e. The number of hydrogen-bond donors (Lipinski definition) is 2. The van der Waals surface area contributed by atoms with Crippen LogP contribution in [0.4, 0.5) is 4.39 Å². The molecule has 2 N–H and O–H groups in total. The van der Waals surface area contributed by atoms with E-state index in [9.17, 15) is 14.0 Å². The normalized spacial score (nSPS) is 25.0. The van der Waals surface area contributed by atoms with Gasteiger partial charge in [0, 0.05) is 29.5 Å². The second-order valence-electron chi connectivity index (χ2n) is 7.20. The van der Waals surface area contributed by atoms with Crippen LogP contribution in [0.1, 0.15) is 29.6 Å². The van der Waals surface area contributed by atoms with E-state index in [2.05, 4.69) is 15.6 Å². The summed E-state index contributed by atoms with van der Waals surface area (Å²) in [6, 6.07) is 7.44. The molecule has 0 aliphatic heterocycles. The fourth-order valence-corrected chi connectivity index (χ4v) is 4.03. The number of halogens is 2. The molecule has 3 aliphatic carbocycles. The van der Waals surface area contributed by atoms with E-state index >= 15 is 0 Å². The summed E-state index contributed by atoms with van der Waals surface area (Å²) >= 11 is 5.61. The van der Waals surface area contributed by atoms with Gasteiger partial charge >= 0.3 is 0 Å². The van der Waals surface area contributed by atoms with E-state index in [1.165, 1.54) is 18.3 Å². The van der Waals surface area contributed by atoms with Crippen molar-refractivity contribution in [3.05, 3.63) is 59.1 Å². The van der Waals surface area contributed by atoms with Crippen LogP contribution >= 0.6 is 11.6 Å². The zero-order chi connectivity index (χ0) is 19.1. The monoisotopic (exact) mass is 389 g/mol. The summed E-state index contributed by atoms with van der Waals surface area (Å²) in [7, 11) is 0. The molecule has 27 heavy (non-hydrogen) atoms. The summed E-state index contributed by atoms with van der Waals surface area (Å²) in [5.74, 6) is -0.793. The van der Waals surface area contributed by atoms with Crippen LogP contribution in [0, 0.1) is 5.82 Å². The molecule has 0 atom stereocenters. The first-order valence-corrected chi connectivity index (χ1v) is 8.88. The maximum atomic E-state index is 13.4. The van der Waals surface area contributed by atoms with Gasteiger partial charge in [0.05, 0.1) is 10.6 Å². The first kappa shape index (κ1) is 17.7. The number of carbonyl (C=O) groups excluding carboxylic acids is 2. The number of carbonyl (C=O) groups is 2. The molecule has 2 amide bonds. The lowest BCUT2D eigenvalue weighted by atomic mass is 9.44. The summed E-state index contributed by atoms with van der Waals surface area (Å²) < 4.78 is 18.7. The molecule has 1 aromatic carbocycles. The van der Waals surface area contributed by atoms with Crippen LogP contribution in [-0.2, 0) is 4.79 Å². The van der Waals surface area contributed by atoms with Crippen LogP contribution in [0.3, 0.4) is 0 Å². The molecule has 0 spiro atoms. The highest BCUT2D eigenvalue weighted by Gasteiger charge is 2.69. The van der Waals surface area contributed by atoms with Gasteiger partial charge in [-0.15, -0.1) is 0 Å².